The summed E-state index contributed by atoms with van der Waals surface area (Å²) >= 11 is 0. The smallest absolute Gasteiger partial charge is 0.227 e. The molecule has 0 atom stereocenters. The Labute approximate surface area is 61.8 Å². The van der Waals surface area contributed by atoms with E-state index < -0.39 is 0 Å². The average Bonchev–Trinajstić information content (AvgIpc) is 1.87. The molecule has 0 aliphatic rings. The fourth-order valence-corrected chi connectivity index (χ4v) is 0.581. The molecule has 0 aromatic carbocycles. The highest BCUT2D eigenvalue weighted by molar-refractivity contribution is 5.75. The average molecular weight is 139 g/mol. The maximum atomic E-state index is 10.7. The van der Waals surface area contributed by atoms with Crippen molar-refractivity contribution in [3.8, 4) is 0 Å². The zero-order chi connectivity index (χ0) is 7.98. The first kappa shape index (κ1) is 8.95. The summed E-state index contributed by atoms with van der Waals surface area (Å²) in [7, 11) is 0. The zero-order valence-electron chi connectivity index (χ0n) is 6.66. The maximum absolute atomic E-state index is 10.7. The van der Waals surface area contributed by atoms with E-state index in [1.165, 1.54) is 11.8 Å². The molecule has 0 aliphatic carbocycles. The van der Waals surface area contributed by atoms with Gasteiger partial charge in [0, 0.05) is 19.3 Å². The summed E-state index contributed by atoms with van der Waals surface area (Å²) in [4.78, 5) is 12.3. The first-order chi connectivity index (χ1) is 4.72. The second kappa shape index (κ2) is 4.79. The lowest BCUT2D eigenvalue weighted by molar-refractivity contribution is -0.124. The van der Waals surface area contributed by atoms with Crippen molar-refractivity contribution >= 4 is 5.91 Å². The standard InChI is InChI=1S/C8H13NO/c1-4-6-9(7-5-2)8(3)10/h4-7H,1-3H3/b6-4-,7-5+. The van der Waals surface area contributed by atoms with Crippen LogP contribution in [0, 0.1) is 0 Å². The van der Waals surface area contributed by atoms with Crippen LogP contribution in [0.25, 0.3) is 0 Å². The first-order valence-electron chi connectivity index (χ1n) is 3.27. The Morgan fingerprint density at radius 2 is 1.60 bits per heavy atom. The second-order valence-electron chi connectivity index (χ2n) is 1.89. The highest BCUT2D eigenvalue weighted by atomic mass is 16.2. The monoisotopic (exact) mass is 139 g/mol. The molecule has 0 aromatic heterocycles. The third kappa shape index (κ3) is 3.07. The Balaban J connectivity index is 4.11. The fraction of sp³-hybridized carbons (Fsp3) is 0.375. The molecular formula is C8H13NO. The van der Waals surface area contributed by atoms with E-state index in [1.54, 1.807) is 12.4 Å². The molecule has 2 heteroatoms. The molecule has 0 radical (unpaired) electrons. The Kier molecular flexibility index (Phi) is 4.29. The molecule has 0 saturated heterocycles. The molecule has 0 aromatic rings. The van der Waals surface area contributed by atoms with Gasteiger partial charge in [0.2, 0.25) is 5.91 Å². The molecule has 0 fully saturated rings. The lowest BCUT2D eigenvalue weighted by Crippen LogP contribution is -2.15. The molecule has 0 N–H and O–H groups in total. The minimum atomic E-state index is 0.0243. The van der Waals surface area contributed by atoms with Gasteiger partial charge in [-0.3, -0.25) is 9.69 Å². The van der Waals surface area contributed by atoms with Crippen LogP contribution in [0.2, 0.25) is 0 Å². The van der Waals surface area contributed by atoms with Crippen molar-refractivity contribution in [3.05, 3.63) is 24.6 Å². The van der Waals surface area contributed by atoms with Crippen LogP contribution in [-0.2, 0) is 4.79 Å². The molecule has 1 amide bonds. The first-order valence-corrected chi connectivity index (χ1v) is 3.27. The fourth-order valence-electron chi connectivity index (χ4n) is 0.581. The molecule has 0 aliphatic heterocycles. The van der Waals surface area contributed by atoms with Crippen LogP contribution >= 0.6 is 0 Å². The third-order valence-corrected chi connectivity index (χ3v) is 0.983. The number of allylic oxidation sites excluding steroid dienone is 2. The van der Waals surface area contributed by atoms with Crippen molar-refractivity contribution in [1.29, 1.82) is 0 Å². The van der Waals surface area contributed by atoms with E-state index in [4.69, 9.17) is 0 Å². The van der Waals surface area contributed by atoms with Gasteiger partial charge in [0.25, 0.3) is 0 Å². The summed E-state index contributed by atoms with van der Waals surface area (Å²) in [6.45, 7) is 5.28. The summed E-state index contributed by atoms with van der Waals surface area (Å²) < 4.78 is 0. The molecule has 10 heavy (non-hydrogen) atoms. The number of carbonyl (C=O) groups is 1. The van der Waals surface area contributed by atoms with Gasteiger partial charge >= 0.3 is 0 Å². The van der Waals surface area contributed by atoms with Crippen LogP contribution in [-0.4, -0.2) is 10.8 Å². The van der Waals surface area contributed by atoms with Gasteiger partial charge in [0.05, 0.1) is 0 Å². The summed E-state index contributed by atoms with van der Waals surface area (Å²) in [5, 5.41) is 0. The topological polar surface area (TPSA) is 20.3 Å². The molecule has 0 rings (SSSR count). The van der Waals surface area contributed by atoms with Gasteiger partial charge in [-0.05, 0) is 13.8 Å². The Bertz CT molecular complexity index is 147. The second-order valence-corrected chi connectivity index (χ2v) is 1.89. The van der Waals surface area contributed by atoms with Crippen LogP contribution < -0.4 is 0 Å². The van der Waals surface area contributed by atoms with Crippen LogP contribution in [0.4, 0.5) is 0 Å². The number of amides is 1. The van der Waals surface area contributed by atoms with Crippen LogP contribution in [0.3, 0.4) is 0 Å². The maximum Gasteiger partial charge on any atom is 0.227 e. The zero-order valence-corrected chi connectivity index (χ0v) is 6.66. The number of nitrogens with zero attached hydrogens (tertiary/aromatic N) is 1. The predicted octanol–water partition coefficient (Wildman–Crippen LogP) is 1.90. The molecule has 56 valence electrons. The third-order valence-electron chi connectivity index (χ3n) is 0.983. The van der Waals surface area contributed by atoms with Gasteiger partial charge in [0.15, 0.2) is 0 Å². The van der Waals surface area contributed by atoms with E-state index in [-0.39, 0.29) is 5.91 Å². The summed E-state index contributed by atoms with van der Waals surface area (Å²) in [6.07, 6.45) is 7.09. The summed E-state index contributed by atoms with van der Waals surface area (Å²) in [5.74, 6) is 0.0243. The van der Waals surface area contributed by atoms with E-state index in [0.29, 0.717) is 0 Å². The van der Waals surface area contributed by atoms with Crippen molar-refractivity contribution in [2.75, 3.05) is 0 Å². The molecule has 0 heterocycles. The molecule has 0 spiro atoms. The van der Waals surface area contributed by atoms with E-state index in [2.05, 4.69) is 0 Å². The molecule has 0 saturated carbocycles. The molecule has 0 unspecified atom stereocenters. The SMILES string of the molecule is C/C=C\N(/C=C/C)C(C)=O. The Morgan fingerprint density at radius 3 is 1.80 bits per heavy atom. The lowest BCUT2D eigenvalue weighted by Gasteiger charge is -2.08. The van der Waals surface area contributed by atoms with E-state index >= 15 is 0 Å². The summed E-state index contributed by atoms with van der Waals surface area (Å²) in [6, 6.07) is 0. The Morgan fingerprint density at radius 1 is 1.20 bits per heavy atom. The van der Waals surface area contributed by atoms with Gasteiger partial charge in [-0.1, -0.05) is 12.2 Å². The van der Waals surface area contributed by atoms with Crippen LogP contribution in [0.15, 0.2) is 24.6 Å². The van der Waals surface area contributed by atoms with Crippen molar-refractivity contribution in [1.82, 2.24) is 4.90 Å². The normalized spacial score (nSPS) is 11.1. The minimum Gasteiger partial charge on any atom is -0.296 e. The molecule has 2 nitrogen and oxygen atoms in total. The van der Waals surface area contributed by atoms with Crippen LogP contribution in [0.1, 0.15) is 20.8 Å². The summed E-state index contributed by atoms with van der Waals surface area (Å²) in [5.41, 5.74) is 0. The van der Waals surface area contributed by atoms with E-state index in [1.807, 2.05) is 26.0 Å². The van der Waals surface area contributed by atoms with Gasteiger partial charge in [-0.25, -0.2) is 0 Å². The van der Waals surface area contributed by atoms with Gasteiger partial charge in [-0.15, -0.1) is 0 Å². The van der Waals surface area contributed by atoms with Crippen molar-refractivity contribution in [2.24, 2.45) is 0 Å². The van der Waals surface area contributed by atoms with Crippen LogP contribution in [0.5, 0.6) is 0 Å². The number of hydrogen-bond donors (Lipinski definition) is 0. The molecular weight excluding hydrogens is 126 g/mol. The van der Waals surface area contributed by atoms with E-state index in [9.17, 15) is 4.79 Å². The van der Waals surface area contributed by atoms with Gasteiger partial charge in [-0.2, -0.15) is 0 Å². The Hall–Kier alpha value is -1.05. The highest BCUT2D eigenvalue weighted by Crippen LogP contribution is 1.91. The largest absolute Gasteiger partial charge is 0.296 e. The van der Waals surface area contributed by atoms with Crippen molar-refractivity contribution < 1.29 is 4.79 Å². The number of hydrogen-bond acceptors (Lipinski definition) is 1. The van der Waals surface area contributed by atoms with Gasteiger partial charge in [0.1, 0.15) is 0 Å². The number of carbonyl (C=O) groups excluding carboxylic acids is 1. The lowest BCUT2D eigenvalue weighted by atomic mass is 10.5. The van der Waals surface area contributed by atoms with Crippen molar-refractivity contribution in [2.45, 2.75) is 20.8 Å². The highest BCUT2D eigenvalue weighted by Gasteiger charge is 1.96. The number of rotatable bonds is 2. The van der Waals surface area contributed by atoms with E-state index in [0.717, 1.165) is 0 Å². The van der Waals surface area contributed by atoms with Crippen molar-refractivity contribution in [3.63, 3.8) is 0 Å². The predicted molar refractivity (Wildman–Crippen MR) is 42.1 cm³/mol. The minimum absolute atomic E-state index is 0.0243. The quantitative estimate of drug-likeness (QED) is 0.572. The van der Waals surface area contributed by atoms with Gasteiger partial charge < -0.3 is 0 Å². The molecule has 0 bridgehead atoms.